The quantitative estimate of drug-likeness (QED) is 0.851. The van der Waals surface area contributed by atoms with Crippen molar-refractivity contribution in [2.45, 2.75) is 32.6 Å². The van der Waals surface area contributed by atoms with E-state index in [0.29, 0.717) is 11.3 Å². The van der Waals surface area contributed by atoms with E-state index >= 15 is 0 Å². The highest BCUT2D eigenvalue weighted by Crippen LogP contribution is 2.39. The molecular formula is C21H21NO3. The highest BCUT2D eigenvalue weighted by atomic mass is 16.6. The third kappa shape index (κ3) is 3.33. The molecule has 25 heavy (non-hydrogen) atoms. The highest BCUT2D eigenvalue weighted by Gasteiger charge is 2.27. The summed E-state index contributed by atoms with van der Waals surface area (Å²) in [7, 11) is 0. The van der Waals surface area contributed by atoms with Gasteiger partial charge in [-0.15, -0.1) is 0 Å². The Bertz CT molecular complexity index is 877. The maximum atomic E-state index is 12.5. The van der Waals surface area contributed by atoms with E-state index in [1.54, 1.807) is 12.1 Å². The Morgan fingerprint density at radius 2 is 1.84 bits per heavy atom. The van der Waals surface area contributed by atoms with Crippen molar-refractivity contribution in [3.8, 4) is 0 Å². The number of aromatic carboxylic acids is 1. The number of carbonyl (C=O) groups excluding carboxylic acids is 1. The monoisotopic (exact) mass is 337 g/mol. The largest absolute Gasteiger partial charge is 0.478 e. The number of allylic oxidation sites excluding steroid dienone is 2. The number of benzene rings is 2. The number of hydrogen-bond donors (Lipinski definition) is 2. The van der Waals surface area contributed by atoms with Crippen molar-refractivity contribution < 1.29 is 14.7 Å². The molecule has 0 aliphatic heterocycles. The molecule has 3 rings (SSSR count). The number of anilines is 1. The first-order valence-corrected chi connectivity index (χ1v) is 8.24. The van der Waals surface area contributed by atoms with E-state index in [1.165, 1.54) is 23.3 Å². The van der Waals surface area contributed by atoms with Gasteiger partial charge in [0, 0.05) is 11.3 Å². The lowest BCUT2D eigenvalue weighted by molar-refractivity contribution is 0.0696. The molecule has 128 valence electrons. The van der Waals surface area contributed by atoms with Gasteiger partial charge in [0.15, 0.2) is 0 Å². The summed E-state index contributed by atoms with van der Waals surface area (Å²) < 4.78 is 0. The molecule has 0 spiro atoms. The van der Waals surface area contributed by atoms with E-state index < -0.39 is 5.97 Å². The second kappa shape index (κ2) is 6.20. The number of carbonyl (C=O) groups is 2. The molecule has 0 saturated heterocycles. The lowest BCUT2D eigenvalue weighted by Gasteiger charge is -2.31. The van der Waals surface area contributed by atoms with Gasteiger partial charge in [-0.05, 0) is 71.9 Å². The summed E-state index contributed by atoms with van der Waals surface area (Å²) in [6.07, 6.45) is 3.21. The van der Waals surface area contributed by atoms with Crippen LogP contribution in [0.5, 0.6) is 0 Å². The van der Waals surface area contributed by atoms with Crippen LogP contribution >= 0.6 is 0 Å². The van der Waals surface area contributed by atoms with Crippen LogP contribution in [0.2, 0.25) is 0 Å². The van der Waals surface area contributed by atoms with Crippen molar-refractivity contribution in [1.82, 2.24) is 0 Å². The Kier molecular flexibility index (Phi) is 4.21. The van der Waals surface area contributed by atoms with Crippen molar-refractivity contribution in [2.75, 3.05) is 5.32 Å². The van der Waals surface area contributed by atoms with Crippen LogP contribution in [0.3, 0.4) is 0 Å². The molecule has 1 amide bonds. The summed E-state index contributed by atoms with van der Waals surface area (Å²) in [6.45, 7) is 6.48. The second-order valence-electron chi connectivity index (χ2n) is 7.07. The minimum absolute atomic E-state index is 0.0660. The molecule has 2 N–H and O–H groups in total. The van der Waals surface area contributed by atoms with Crippen molar-refractivity contribution in [3.63, 3.8) is 0 Å². The maximum Gasteiger partial charge on any atom is 0.335 e. The summed E-state index contributed by atoms with van der Waals surface area (Å²) >= 11 is 0. The number of rotatable bonds is 3. The zero-order valence-electron chi connectivity index (χ0n) is 14.6. The first-order chi connectivity index (χ1) is 11.8. The van der Waals surface area contributed by atoms with Crippen LogP contribution in [-0.4, -0.2) is 17.0 Å². The third-order valence-electron chi connectivity index (χ3n) is 4.74. The van der Waals surface area contributed by atoms with Gasteiger partial charge in [0.2, 0.25) is 0 Å². The average Bonchev–Trinajstić information content (AvgIpc) is 2.58. The molecule has 1 aliphatic carbocycles. The van der Waals surface area contributed by atoms with Gasteiger partial charge >= 0.3 is 5.97 Å². The van der Waals surface area contributed by atoms with Crippen molar-refractivity contribution in [1.29, 1.82) is 0 Å². The summed E-state index contributed by atoms with van der Waals surface area (Å²) in [5, 5.41) is 11.7. The Morgan fingerprint density at radius 1 is 1.16 bits per heavy atom. The summed E-state index contributed by atoms with van der Waals surface area (Å²) in [4.78, 5) is 23.4. The molecule has 4 heteroatoms. The summed E-state index contributed by atoms with van der Waals surface area (Å²) in [5.74, 6) is -1.19. The first-order valence-electron chi connectivity index (χ1n) is 8.24. The molecular weight excluding hydrogens is 316 g/mol. The van der Waals surface area contributed by atoms with Gasteiger partial charge in [0.25, 0.3) is 5.91 Å². The predicted octanol–water partition coefficient (Wildman–Crippen LogP) is 4.72. The normalized spacial score (nSPS) is 15.1. The van der Waals surface area contributed by atoms with Crippen LogP contribution in [0.4, 0.5) is 5.69 Å². The molecule has 0 radical (unpaired) electrons. The molecule has 2 aromatic carbocycles. The molecule has 0 saturated carbocycles. The van der Waals surface area contributed by atoms with E-state index in [0.717, 1.165) is 12.0 Å². The topological polar surface area (TPSA) is 66.4 Å². The van der Waals surface area contributed by atoms with E-state index in [2.05, 4.69) is 32.2 Å². The Hall–Kier alpha value is -2.88. The lowest BCUT2D eigenvalue weighted by Crippen LogP contribution is -2.22. The van der Waals surface area contributed by atoms with Crippen LogP contribution in [0.25, 0.3) is 5.57 Å². The van der Waals surface area contributed by atoms with Crippen molar-refractivity contribution in [3.05, 3.63) is 70.8 Å². The van der Waals surface area contributed by atoms with Crippen LogP contribution in [-0.2, 0) is 5.41 Å². The van der Waals surface area contributed by atoms with Gasteiger partial charge in [0.1, 0.15) is 0 Å². The van der Waals surface area contributed by atoms with E-state index in [-0.39, 0.29) is 16.9 Å². The molecule has 1 aliphatic rings. The lowest BCUT2D eigenvalue weighted by atomic mass is 9.73. The standard InChI is InChI=1S/C21H21NO3/c1-13-10-11-21(2,3)18-9-6-15(12-17(13)18)19(23)22-16-7-4-14(5-8-16)20(24)25/h4-10,12H,11H2,1-3H3,(H,22,23)(H,24,25)/i20+2. The first kappa shape index (κ1) is 17.0. The van der Waals surface area contributed by atoms with Gasteiger partial charge in [0.05, 0.1) is 5.56 Å². The number of nitrogens with one attached hydrogen (secondary N) is 1. The van der Waals surface area contributed by atoms with E-state index in [1.807, 2.05) is 18.2 Å². The second-order valence-corrected chi connectivity index (χ2v) is 7.07. The molecule has 0 fully saturated rings. The van der Waals surface area contributed by atoms with Gasteiger partial charge < -0.3 is 10.4 Å². The van der Waals surface area contributed by atoms with Gasteiger partial charge in [-0.3, -0.25) is 4.79 Å². The SMILES string of the molecule is CC1=CCC(C)(C)c2ccc(C(=O)Nc3ccc([14C](=O)O)cc3)cc21. The Labute approximate surface area is 147 Å². The summed E-state index contributed by atoms with van der Waals surface area (Å²) in [6, 6.07) is 11.9. The maximum absolute atomic E-state index is 12.5. The van der Waals surface area contributed by atoms with Gasteiger partial charge in [-0.1, -0.05) is 26.0 Å². The number of carboxylic acids is 1. The number of fused-ring (bicyclic) bond motifs is 1. The van der Waals surface area contributed by atoms with Crippen LogP contribution in [0, 0.1) is 0 Å². The highest BCUT2D eigenvalue weighted by molar-refractivity contribution is 6.05. The zero-order chi connectivity index (χ0) is 18.2. The molecule has 0 aromatic heterocycles. The molecule has 4 nitrogen and oxygen atoms in total. The van der Waals surface area contributed by atoms with E-state index in [9.17, 15) is 9.59 Å². The zero-order valence-corrected chi connectivity index (χ0v) is 14.6. The van der Waals surface area contributed by atoms with Crippen LogP contribution in [0.15, 0.2) is 48.5 Å². The number of amides is 1. The van der Waals surface area contributed by atoms with Crippen LogP contribution < -0.4 is 5.32 Å². The number of carboxylic acid groups (broad SMARTS) is 1. The molecule has 2 aromatic rings. The number of hydrogen-bond acceptors (Lipinski definition) is 2. The molecule has 0 heterocycles. The minimum Gasteiger partial charge on any atom is -0.478 e. The van der Waals surface area contributed by atoms with Gasteiger partial charge in [-0.25, -0.2) is 4.79 Å². The van der Waals surface area contributed by atoms with Crippen LogP contribution in [0.1, 0.15) is 59.0 Å². The molecule has 0 atom stereocenters. The fraction of sp³-hybridized carbons (Fsp3) is 0.238. The minimum atomic E-state index is -0.988. The average molecular weight is 337 g/mol. The molecule has 0 bridgehead atoms. The Morgan fingerprint density at radius 3 is 2.48 bits per heavy atom. The van der Waals surface area contributed by atoms with E-state index in [4.69, 9.17) is 5.11 Å². The Balaban J connectivity index is 1.85. The fourth-order valence-electron chi connectivity index (χ4n) is 3.13. The fourth-order valence-corrected chi connectivity index (χ4v) is 3.13. The summed E-state index contributed by atoms with van der Waals surface area (Å²) in [5.41, 5.74) is 4.98. The molecule has 0 unspecified atom stereocenters. The van der Waals surface area contributed by atoms with Crippen molar-refractivity contribution >= 4 is 23.1 Å². The smallest absolute Gasteiger partial charge is 0.335 e. The van der Waals surface area contributed by atoms with Crippen molar-refractivity contribution in [2.24, 2.45) is 0 Å². The third-order valence-corrected chi connectivity index (χ3v) is 4.74. The predicted molar refractivity (Wildman–Crippen MR) is 99.1 cm³/mol. The van der Waals surface area contributed by atoms with Gasteiger partial charge in [-0.2, -0.15) is 0 Å².